The Balaban J connectivity index is 2.13. The summed E-state index contributed by atoms with van der Waals surface area (Å²) in [6, 6.07) is 0. The van der Waals surface area contributed by atoms with Crippen molar-refractivity contribution in [2.75, 3.05) is 0 Å². The van der Waals surface area contributed by atoms with Gasteiger partial charge < -0.3 is 0 Å². The Kier molecular flexibility index (Phi) is 1.13. The zero-order chi connectivity index (χ0) is 5.40. The largest absolute Gasteiger partial charge is 0.230 e. The third-order valence-electron chi connectivity index (χ3n) is 1.40. The summed E-state index contributed by atoms with van der Waals surface area (Å²) in [6.45, 7) is 0. The highest BCUT2D eigenvalue weighted by molar-refractivity contribution is 7.85. The molecule has 0 aromatic carbocycles. The molecule has 41 valence electrons. The molecule has 1 radical (unpaired) electrons. The first-order chi connectivity index (χ1) is 3.97. The molecule has 1 heterocycles. The minimum absolute atomic E-state index is 0.940. The molecule has 1 fully saturated rings. The van der Waals surface area contributed by atoms with E-state index in [0.29, 0.717) is 0 Å². The van der Waals surface area contributed by atoms with Gasteiger partial charge in [-0.15, -0.1) is 0 Å². The molecule has 0 atom stereocenters. The van der Waals surface area contributed by atoms with Crippen molar-refractivity contribution in [2.24, 2.45) is 5.92 Å². The van der Waals surface area contributed by atoms with Gasteiger partial charge in [0.15, 0.2) is 0 Å². The quantitative estimate of drug-likeness (QED) is 0.499. The highest BCUT2D eigenvalue weighted by Crippen LogP contribution is 2.46. The van der Waals surface area contributed by atoms with Gasteiger partial charge in [-0.2, -0.15) is 0 Å². The standard InChI is InChI=1S/C5H6NP2/c1-2-4(1)5-3-6-8-7-5/h3-4H,1-2H2. The van der Waals surface area contributed by atoms with Gasteiger partial charge >= 0.3 is 0 Å². The van der Waals surface area contributed by atoms with E-state index in [1.807, 2.05) is 0 Å². The number of rotatable bonds is 1. The Bertz CT molecular complexity index is 158. The molecule has 0 unspecified atom stereocenters. The van der Waals surface area contributed by atoms with Crippen molar-refractivity contribution in [2.45, 2.75) is 12.8 Å². The van der Waals surface area contributed by atoms with Crippen LogP contribution in [0.4, 0.5) is 0 Å². The average molecular weight is 142 g/mol. The fourth-order valence-corrected chi connectivity index (χ4v) is 2.97. The van der Waals surface area contributed by atoms with Gasteiger partial charge in [-0.3, -0.25) is 0 Å². The fourth-order valence-electron chi connectivity index (χ4n) is 0.754. The van der Waals surface area contributed by atoms with Crippen molar-refractivity contribution in [1.82, 2.24) is 5.09 Å². The van der Waals surface area contributed by atoms with Crippen molar-refractivity contribution < 1.29 is 0 Å². The first kappa shape index (κ1) is 4.97. The third kappa shape index (κ3) is 0.811. The van der Waals surface area contributed by atoms with Crippen molar-refractivity contribution >= 4 is 15.9 Å². The predicted octanol–water partition coefficient (Wildman–Crippen LogP) is 2.58. The topological polar surface area (TPSA) is 14.1 Å². The number of hydrogen-bond donors (Lipinski definition) is 0. The van der Waals surface area contributed by atoms with Crippen LogP contribution < -0.4 is 5.09 Å². The molecular formula is C5H6NP2. The zero-order valence-corrected chi connectivity index (χ0v) is 6.20. The van der Waals surface area contributed by atoms with E-state index in [9.17, 15) is 0 Å². The van der Waals surface area contributed by atoms with Crippen LogP contribution in [-0.4, -0.2) is 0 Å². The average Bonchev–Trinajstić information content (AvgIpc) is 2.49. The summed E-state index contributed by atoms with van der Waals surface area (Å²) in [5, 5.41) is 5.70. The molecule has 0 N–H and O–H groups in total. The molecule has 3 heteroatoms. The van der Waals surface area contributed by atoms with E-state index in [0.717, 1.165) is 5.92 Å². The summed E-state index contributed by atoms with van der Waals surface area (Å²) in [6.07, 6.45) is 4.90. The van der Waals surface area contributed by atoms with Gasteiger partial charge in [-0.05, 0) is 26.6 Å². The molecular weight excluding hydrogens is 136 g/mol. The van der Waals surface area contributed by atoms with E-state index in [-0.39, 0.29) is 0 Å². The van der Waals surface area contributed by atoms with Gasteiger partial charge in [0.05, 0.1) is 8.02 Å². The van der Waals surface area contributed by atoms with Crippen molar-refractivity contribution in [3.05, 3.63) is 11.5 Å². The zero-order valence-electron chi connectivity index (χ0n) is 4.41. The smallest absolute Gasteiger partial charge is 0.0696 e. The monoisotopic (exact) mass is 142 g/mol. The third-order valence-corrected chi connectivity index (χ3v) is 3.69. The maximum Gasteiger partial charge on any atom is 0.0696 e. The van der Waals surface area contributed by atoms with Gasteiger partial charge in [0.25, 0.3) is 0 Å². The van der Waals surface area contributed by atoms with Gasteiger partial charge in [0, 0.05) is 11.5 Å². The van der Waals surface area contributed by atoms with Crippen LogP contribution in [0, 0.1) is 5.92 Å². The predicted molar refractivity (Wildman–Crippen MR) is 36.8 cm³/mol. The van der Waals surface area contributed by atoms with Crippen LogP contribution in [0.5, 0.6) is 0 Å². The van der Waals surface area contributed by atoms with Crippen LogP contribution >= 0.6 is 15.9 Å². The Hall–Kier alpha value is 0.140. The molecule has 1 nitrogen and oxygen atoms in total. The normalized spacial score (nSPS) is 29.2. The van der Waals surface area contributed by atoms with Crippen LogP contribution in [0.1, 0.15) is 12.8 Å². The molecule has 2 rings (SSSR count). The maximum absolute atomic E-state index is 4.12. The van der Waals surface area contributed by atoms with E-state index in [2.05, 4.69) is 11.3 Å². The van der Waals surface area contributed by atoms with E-state index < -0.39 is 0 Å². The van der Waals surface area contributed by atoms with Crippen LogP contribution in [0.25, 0.3) is 0 Å². The van der Waals surface area contributed by atoms with Crippen molar-refractivity contribution in [3.8, 4) is 0 Å². The molecule has 1 aliphatic carbocycles. The number of nitrogens with zero attached hydrogens (tertiary/aromatic N) is 1. The SMILES string of the molecule is C1=C(C2CC2)P=P[N]1. The van der Waals surface area contributed by atoms with Gasteiger partial charge in [0.1, 0.15) is 0 Å². The van der Waals surface area contributed by atoms with E-state index in [4.69, 9.17) is 0 Å². The summed E-state index contributed by atoms with van der Waals surface area (Å²) < 4.78 is 0. The lowest BCUT2D eigenvalue weighted by Gasteiger charge is -1.84. The summed E-state index contributed by atoms with van der Waals surface area (Å²) in [5.74, 6) is 0.940. The molecule has 0 aromatic rings. The minimum atomic E-state index is 0.940. The molecule has 0 aromatic heterocycles. The number of hydrogen-bond acceptors (Lipinski definition) is 0. The first-order valence-corrected chi connectivity index (χ1v) is 5.22. The second kappa shape index (κ2) is 1.83. The first-order valence-electron chi connectivity index (χ1n) is 2.78. The van der Waals surface area contributed by atoms with Crippen molar-refractivity contribution in [3.63, 3.8) is 0 Å². The summed E-state index contributed by atoms with van der Waals surface area (Å²) in [4.78, 5) is 0. The highest BCUT2D eigenvalue weighted by Gasteiger charge is 2.26. The second-order valence-corrected chi connectivity index (χ2v) is 4.40. The lowest BCUT2D eigenvalue weighted by Crippen LogP contribution is -1.73. The Labute approximate surface area is 52.0 Å². The van der Waals surface area contributed by atoms with Gasteiger partial charge in [-0.25, -0.2) is 5.09 Å². The van der Waals surface area contributed by atoms with Crippen LogP contribution in [-0.2, 0) is 0 Å². The van der Waals surface area contributed by atoms with Gasteiger partial charge in [-0.1, -0.05) is 0 Å². The second-order valence-electron chi connectivity index (χ2n) is 2.13. The van der Waals surface area contributed by atoms with E-state index >= 15 is 0 Å². The summed E-state index contributed by atoms with van der Waals surface area (Å²) in [5.41, 5.74) is 0. The van der Waals surface area contributed by atoms with Crippen LogP contribution in [0.2, 0.25) is 0 Å². The molecule has 0 spiro atoms. The van der Waals surface area contributed by atoms with Crippen LogP contribution in [0.15, 0.2) is 11.5 Å². The Morgan fingerprint density at radius 2 is 2.50 bits per heavy atom. The lowest BCUT2D eigenvalue weighted by molar-refractivity contribution is 1.08. The fraction of sp³-hybridized carbons (Fsp3) is 0.600. The summed E-state index contributed by atoms with van der Waals surface area (Å²) >= 11 is 0. The Morgan fingerprint density at radius 1 is 1.62 bits per heavy atom. The molecule has 8 heavy (non-hydrogen) atoms. The van der Waals surface area contributed by atoms with E-state index in [1.165, 1.54) is 28.7 Å². The molecule has 0 amide bonds. The molecule has 0 bridgehead atoms. The molecule has 1 saturated carbocycles. The Morgan fingerprint density at radius 3 is 3.00 bits per heavy atom. The van der Waals surface area contributed by atoms with E-state index in [1.54, 1.807) is 5.31 Å². The lowest BCUT2D eigenvalue weighted by atomic mass is 10.4. The summed E-state index contributed by atoms with van der Waals surface area (Å²) in [7, 11) is 2.69. The number of allylic oxidation sites excluding steroid dienone is 1. The highest BCUT2D eigenvalue weighted by atomic mass is 31.7. The molecule has 0 saturated heterocycles. The maximum atomic E-state index is 4.12. The minimum Gasteiger partial charge on any atom is -0.230 e. The van der Waals surface area contributed by atoms with Crippen molar-refractivity contribution in [1.29, 1.82) is 0 Å². The molecule has 1 aliphatic heterocycles. The molecule has 2 aliphatic rings. The van der Waals surface area contributed by atoms with Gasteiger partial charge in [0.2, 0.25) is 0 Å². The van der Waals surface area contributed by atoms with Crippen LogP contribution in [0.3, 0.4) is 0 Å².